The molecule has 2 aliphatic heterocycles. The van der Waals surface area contributed by atoms with Gasteiger partial charge in [0.2, 0.25) is 59.1 Å². The molecule has 0 aliphatic carbocycles. The van der Waals surface area contributed by atoms with Gasteiger partial charge in [-0.2, -0.15) is 11.8 Å². The lowest BCUT2D eigenvalue weighted by Gasteiger charge is -2.41. The summed E-state index contributed by atoms with van der Waals surface area (Å²) in [7, 11) is 9.91. The first-order valence-electron chi connectivity index (χ1n) is 34.5. The SMILES string of the molecule is C/C=C/C[C@@H](C)[C@@H](O)[C@H]1C(=O)N[C@@H](CC)C(=O)N(C)[C@H](SCCCN2CCSCC2)C(=O)N(C)[C@@H](CC(C)(C)O)C(=O)N[C@@H](C(C)C)C(=O)N(C)[C@@H](CC(C)C)C(=O)N[C@@H](C)C(=O)N[C@H](C)C(=O)N(C)[C@@H](CC(C)C)C(=O)N(C)[C@@H](CC(C)C)C(=O)N(C)[C@@H](C(C)C)C(=O)N1C. The Labute approximate surface area is 583 Å². The van der Waals surface area contributed by atoms with Crippen molar-refractivity contribution in [1.82, 2.24) is 60.5 Å². The average molecular weight is 1390 g/mol. The van der Waals surface area contributed by atoms with E-state index < -0.39 is 160 Å². The van der Waals surface area contributed by atoms with Crippen molar-refractivity contribution in [2.75, 3.05) is 86.2 Å². The molecule has 2 rings (SSSR count). The van der Waals surface area contributed by atoms with E-state index in [1.165, 1.54) is 102 Å². The van der Waals surface area contributed by atoms with Gasteiger partial charge >= 0.3 is 0 Å². The van der Waals surface area contributed by atoms with Gasteiger partial charge in [-0.05, 0) is 121 Å². The van der Waals surface area contributed by atoms with Gasteiger partial charge in [-0.25, -0.2) is 0 Å². The third-order valence-electron chi connectivity index (χ3n) is 18.2. The largest absolute Gasteiger partial charge is 0.390 e. The van der Waals surface area contributed by atoms with E-state index >= 15 is 33.6 Å². The third-order valence-corrected chi connectivity index (χ3v) is 20.5. The number of carbonyl (C=O) groups is 11. The number of aliphatic hydroxyl groups excluding tert-OH is 1. The van der Waals surface area contributed by atoms with E-state index in [0.29, 0.717) is 18.7 Å². The molecule has 0 aromatic rings. The summed E-state index contributed by atoms with van der Waals surface area (Å²) in [5.74, 6) is -7.90. The van der Waals surface area contributed by atoms with E-state index in [4.69, 9.17) is 0 Å². The van der Waals surface area contributed by atoms with Crippen LogP contribution in [0.2, 0.25) is 0 Å². The molecule has 2 fully saturated rings. The minimum absolute atomic E-state index is 0.0231. The first-order chi connectivity index (χ1) is 44.5. The molecular weight excluding hydrogens is 1270 g/mol. The highest BCUT2D eigenvalue weighted by Crippen LogP contribution is 2.28. The molecule has 0 bridgehead atoms. The fourth-order valence-electron chi connectivity index (χ4n) is 12.2. The average Bonchev–Trinajstić information content (AvgIpc) is 0.812. The molecule has 2 aliphatic rings. The fraction of sp³-hybridized carbons (Fsp3) is 0.812. The summed E-state index contributed by atoms with van der Waals surface area (Å²) in [6.45, 7) is 31.5. The maximum absolute atomic E-state index is 15.4. The molecule has 0 spiro atoms. The van der Waals surface area contributed by atoms with E-state index in [1.807, 2.05) is 59.4 Å². The minimum atomic E-state index is -1.66. The summed E-state index contributed by atoms with van der Waals surface area (Å²) in [6, 6.07) is -13.1. The Morgan fingerprint density at radius 2 is 1.01 bits per heavy atom. The van der Waals surface area contributed by atoms with E-state index in [9.17, 15) is 29.4 Å². The maximum atomic E-state index is 15.4. The number of rotatable bonds is 20. The lowest BCUT2D eigenvalue weighted by atomic mass is 9.91. The normalized spacial score (nSPS) is 27.3. The minimum Gasteiger partial charge on any atom is -0.390 e. The molecule has 13 atom stereocenters. The molecule has 27 heteroatoms. The monoisotopic (exact) mass is 1390 g/mol. The second-order valence-corrected chi connectivity index (χ2v) is 31.6. The lowest BCUT2D eigenvalue weighted by Crippen LogP contribution is -2.64. The van der Waals surface area contributed by atoms with Gasteiger partial charge in [0.05, 0.1) is 11.7 Å². The summed E-state index contributed by atoms with van der Waals surface area (Å²) < 4.78 is 0. The molecule has 2 heterocycles. The van der Waals surface area contributed by atoms with Crippen molar-refractivity contribution in [3.8, 4) is 0 Å². The predicted octanol–water partition coefficient (Wildman–Crippen LogP) is 3.88. The third kappa shape index (κ3) is 25.0. The summed E-state index contributed by atoms with van der Waals surface area (Å²) in [5, 5.41) is 33.5. The van der Waals surface area contributed by atoms with Crippen LogP contribution in [0, 0.1) is 35.5 Å². The van der Waals surface area contributed by atoms with Gasteiger partial charge in [-0.1, -0.05) is 95.2 Å². The highest BCUT2D eigenvalue weighted by atomic mass is 32.2. The standard InChI is InChI=1S/C69H124N12O13S2/c1-25-27-29-45(13)56(82)55-60(86)72-48(26-2)62(88)80(24)68(96-33-28-30-81-31-34-95-35-32-81)67(93)77(21)52(39-69(16,17)94)59(85)73-53(43(9)10)65(91)74(18)49(36-40(3)4)58(84)70-46(14)57(83)71-47(15)61(87)75(19)50(37-41(5)6)63(89)76(20)51(38-42(7)8)64(90)78(22)54(44(11)12)66(92)79(55)23/h25,27,40-56,68,82,94H,26,28-39H2,1-24H3,(H,70,84)(H,71,83)(H,72,86)(H,73,85)/b27-25+/t45-,46+,47-,48+,49+,50+,51+,52+,53+,54+,55+,56-,68-/m1/s1. The van der Waals surface area contributed by atoms with Gasteiger partial charge in [0.1, 0.15) is 60.4 Å². The molecule has 0 saturated carbocycles. The molecule has 11 amide bonds. The second-order valence-electron chi connectivity index (χ2n) is 29.2. The number of nitrogens with zero attached hydrogens (tertiary/aromatic N) is 8. The number of hydrogen-bond acceptors (Lipinski definition) is 16. The Kier molecular flexibility index (Phi) is 36.0. The Balaban J connectivity index is 3.12. The van der Waals surface area contributed by atoms with Crippen LogP contribution in [0.1, 0.15) is 163 Å². The quantitative estimate of drug-likeness (QED) is 0.0745. The number of carbonyl (C=O) groups excluding carboxylic acids is 11. The second kappa shape index (κ2) is 39.9. The summed E-state index contributed by atoms with van der Waals surface area (Å²) in [4.78, 5) is 175. The lowest BCUT2D eigenvalue weighted by molar-refractivity contribution is -0.157. The number of likely N-dealkylation sites (N-methyl/N-ethyl adjacent to an activating group) is 7. The number of allylic oxidation sites excluding steroid dienone is 2. The number of nitrogens with one attached hydrogen (secondary N) is 4. The summed E-state index contributed by atoms with van der Waals surface area (Å²) in [6.07, 6.45) is 3.00. The maximum Gasteiger partial charge on any atom is 0.256 e. The van der Waals surface area contributed by atoms with Crippen LogP contribution in [0.4, 0.5) is 0 Å². The molecule has 96 heavy (non-hydrogen) atoms. The zero-order valence-electron chi connectivity index (χ0n) is 62.5. The number of aliphatic hydroxyl groups is 2. The van der Waals surface area contributed by atoms with Crippen molar-refractivity contribution in [3.05, 3.63) is 12.2 Å². The van der Waals surface area contributed by atoms with Crippen molar-refractivity contribution in [3.63, 3.8) is 0 Å². The first-order valence-corrected chi connectivity index (χ1v) is 36.7. The van der Waals surface area contributed by atoms with Gasteiger partial charge in [0.25, 0.3) is 5.91 Å². The molecule has 2 saturated heterocycles. The van der Waals surface area contributed by atoms with E-state index in [0.717, 1.165) is 46.2 Å². The zero-order valence-corrected chi connectivity index (χ0v) is 64.2. The molecular formula is C69H124N12O13S2. The topological polar surface area (TPSA) is 302 Å². The van der Waals surface area contributed by atoms with Crippen molar-refractivity contribution in [2.45, 2.75) is 240 Å². The first kappa shape index (κ1) is 86.6. The van der Waals surface area contributed by atoms with E-state index in [2.05, 4.69) is 26.2 Å². The van der Waals surface area contributed by atoms with Crippen molar-refractivity contribution < 1.29 is 63.0 Å². The van der Waals surface area contributed by atoms with Crippen LogP contribution in [0.25, 0.3) is 0 Å². The van der Waals surface area contributed by atoms with Crippen LogP contribution in [-0.2, 0) is 52.7 Å². The van der Waals surface area contributed by atoms with Crippen LogP contribution in [0.3, 0.4) is 0 Å². The molecule has 0 aromatic heterocycles. The zero-order chi connectivity index (χ0) is 73.7. The Bertz CT molecular complexity index is 2630. The van der Waals surface area contributed by atoms with Crippen molar-refractivity contribution >= 4 is 88.5 Å². The van der Waals surface area contributed by atoms with Gasteiger partial charge in [0.15, 0.2) is 5.37 Å². The van der Waals surface area contributed by atoms with Crippen LogP contribution >= 0.6 is 23.5 Å². The van der Waals surface area contributed by atoms with Gasteiger partial charge in [-0.3, -0.25) is 52.7 Å². The fourth-order valence-corrected chi connectivity index (χ4v) is 14.3. The van der Waals surface area contributed by atoms with E-state index in [1.54, 1.807) is 54.5 Å². The Morgan fingerprint density at radius 1 is 0.542 bits per heavy atom. The molecule has 550 valence electrons. The number of amides is 11. The van der Waals surface area contributed by atoms with Crippen LogP contribution in [0.15, 0.2) is 12.2 Å². The van der Waals surface area contributed by atoms with Crippen LogP contribution in [-0.4, -0.2) is 278 Å². The summed E-state index contributed by atoms with van der Waals surface area (Å²) in [5.41, 5.74) is -1.58. The van der Waals surface area contributed by atoms with Gasteiger partial charge < -0.3 is 70.7 Å². The highest BCUT2D eigenvalue weighted by molar-refractivity contribution is 8.00. The van der Waals surface area contributed by atoms with Gasteiger partial charge in [0, 0.05) is 80.3 Å². The molecule has 6 N–H and O–H groups in total. The molecule has 0 radical (unpaired) electrons. The number of thioether (sulfide) groups is 2. The van der Waals surface area contributed by atoms with Crippen molar-refractivity contribution in [2.24, 2.45) is 35.5 Å². The Hall–Kier alpha value is -5.51. The van der Waals surface area contributed by atoms with Crippen LogP contribution in [0.5, 0.6) is 0 Å². The van der Waals surface area contributed by atoms with Crippen molar-refractivity contribution in [1.29, 1.82) is 0 Å². The summed E-state index contributed by atoms with van der Waals surface area (Å²) >= 11 is 3.03. The highest BCUT2D eigenvalue weighted by Gasteiger charge is 2.47. The van der Waals surface area contributed by atoms with Crippen LogP contribution < -0.4 is 21.3 Å². The van der Waals surface area contributed by atoms with Gasteiger partial charge in [-0.15, -0.1) is 11.8 Å². The molecule has 0 unspecified atom stereocenters. The molecule has 25 nitrogen and oxygen atoms in total. The smallest absolute Gasteiger partial charge is 0.256 e. The number of hydrogen-bond donors (Lipinski definition) is 6. The Morgan fingerprint density at radius 3 is 1.50 bits per heavy atom. The van der Waals surface area contributed by atoms with E-state index in [-0.39, 0.29) is 56.3 Å². The molecule has 0 aromatic carbocycles. The predicted molar refractivity (Wildman–Crippen MR) is 380 cm³/mol.